The van der Waals surface area contributed by atoms with Crippen LogP contribution in [-0.2, 0) is 23.0 Å². The van der Waals surface area contributed by atoms with E-state index in [1.165, 1.54) is 7.11 Å². The third kappa shape index (κ3) is 2.62. The highest BCUT2D eigenvalue weighted by Gasteiger charge is 2.25. The number of hydrogen-bond donors (Lipinski definition) is 0. The number of aryl methyl sites for hydroxylation is 1. The second kappa shape index (κ2) is 5.43. The zero-order valence-corrected chi connectivity index (χ0v) is 11.9. The van der Waals surface area contributed by atoms with E-state index in [0.29, 0.717) is 6.42 Å². The third-order valence-corrected chi connectivity index (χ3v) is 3.59. The van der Waals surface area contributed by atoms with Crippen LogP contribution >= 0.6 is 0 Å². The second-order valence-electron chi connectivity index (χ2n) is 5.15. The van der Waals surface area contributed by atoms with Gasteiger partial charge >= 0.3 is 5.97 Å². The summed E-state index contributed by atoms with van der Waals surface area (Å²) in [5.74, 6) is 0.833. The quantitative estimate of drug-likeness (QED) is 0.794. The maximum absolute atomic E-state index is 11.8. The SMILES string of the molecule is COC(=O)C(Cc1nc2ccccc2n1C)C(C)C. The molecular weight excluding hydrogens is 240 g/mol. The Bertz CT molecular complexity index is 587. The summed E-state index contributed by atoms with van der Waals surface area (Å²) in [4.78, 5) is 16.4. The van der Waals surface area contributed by atoms with Crippen LogP contribution in [0, 0.1) is 11.8 Å². The molecular formula is C15H20N2O2. The summed E-state index contributed by atoms with van der Waals surface area (Å²) < 4.78 is 6.93. The van der Waals surface area contributed by atoms with E-state index in [4.69, 9.17) is 4.74 Å². The van der Waals surface area contributed by atoms with Crippen LogP contribution in [0.4, 0.5) is 0 Å². The van der Waals surface area contributed by atoms with E-state index in [1.54, 1.807) is 0 Å². The fourth-order valence-electron chi connectivity index (χ4n) is 2.32. The van der Waals surface area contributed by atoms with Crippen LogP contribution in [0.25, 0.3) is 11.0 Å². The van der Waals surface area contributed by atoms with Gasteiger partial charge in [0.15, 0.2) is 0 Å². The number of ether oxygens (including phenoxy) is 1. The first-order valence-corrected chi connectivity index (χ1v) is 6.52. The average molecular weight is 260 g/mol. The van der Waals surface area contributed by atoms with Gasteiger partial charge in [-0.15, -0.1) is 0 Å². The van der Waals surface area contributed by atoms with Crippen molar-refractivity contribution in [1.82, 2.24) is 9.55 Å². The first-order chi connectivity index (χ1) is 9.04. The lowest BCUT2D eigenvalue weighted by Gasteiger charge is -2.17. The van der Waals surface area contributed by atoms with Gasteiger partial charge in [0.2, 0.25) is 0 Å². The zero-order chi connectivity index (χ0) is 14.0. The summed E-state index contributed by atoms with van der Waals surface area (Å²) in [6.45, 7) is 4.06. The maximum atomic E-state index is 11.8. The molecule has 1 heterocycles. The predicted molar refractivity (Wildman–Crippen MR) is 74.8 cm³/mol. The third-order valence-electron chi connectivity index (χ3n) is 3.59. The second-order valence-corrected chi connectivity index (χ2v) is 5.15. The monoisotopic (exact) mass is 260 g/mol. The van der Waals surface area contributed by atoms with Crippen molar-refractivity contribution < 1.29 is 9.53 Å². The summed E-state index contributed by atoms with van der Waals surface area (Å²) in [6.07, 6.45) is 0.607. The van der Waals surface area contributed by atoms with E-state index in [2.05, 4.69) is 4.98 Å². The van der Waals surface area contributed by atoms with Crippen molar-refractivity contribution in [2.24, 2.45) is 18.9 Å². The normalized spacial score (nSPS) is 12.9. The fourth-order valence-corrected chi connectivity index (χ4v) is 2.32. The van der Waals surface area contributed by atoms with Crippen molar-refractivity contribution in [3.63, 3.8) is 0 Å². The van der Waals surface area contributed by atoms with Crippen molar-refractivity contribution in [1.29, 1.82) is 0 Å². The van der Waals surface area contributed by atoms with Gasteiger partial charge in [-0.05, 0) is 18.1 Å². The Kier molecular flexibility index (Phi) is 3.88. The molecule has 0 N–H and O–H groups in total. The molecule has 0 bridgehead atoms. The van der Waals surface area contributed by atoms with Crippen LogP contribution in [0.3, 0.4) is 0 Å². The number of carbonyl (C=O) groups excluding carboxylic acids is 1. The number of carbonyl (C=O) groups is 1. The molecule has 19 heavy (non-hydrogen) atoms. The Morgan fingerprint density at radius 3 is 2.63 bits per heavy atom. The molecule has 4 nitrogen and oxygen atoms in total. The molecule has 0 saturated carbocycles. The van der Waals surface area contributed by atoms with Crippen molar-refractivity contribution in [3.05, 3.63) is 30.1 Å². The molecule has 2 rings (SSSR count). The van der Waals surface area contributed by atoms with E-state index in [0.717, 1.165) is 16.9 Å². The molecule has 4 heteroatoms. The smallest absolute Gasteiger partial charge is 0.309 e. The van der Waals surface area contributed by atoms with E-state index >= 15 is 0 Å². The minimum Gasteiger partial charge on any atom is -0.469 e. The lowest BCUT2D eigenvalue weighted by atomic mass is 9.92. The molecule has 0 aliphatic carbocycles. The van der Waals surface area contributed by atoms with Gasteiger partial charge in [-0.3, -0.25) is 4.79 Å². The molecule has 2 aromatic rings. The number of rotatable bonds is 4. The van der Waals surface area contributed by atoms with Crippen LogP contribution in [0.5, 0.6) is 0 Å². The van der Waals surface area contributed by atoms with Crippen molar-refractivity contribution in [2.75, 3.05) is 7.11 Å². The van der Waals surface area contributed by atoms with Crippen molar-refractivity contribution >= 4 is 17.0 Å². The van der Waals surface area contributed by atoms with Crippen molar-refractivity contribution in [3.8, 4) is 0 Å². The molecule has 0 fully saturated rings. The molecule has 1 aromatic carbocycles. The number of esters is 1. The summed E-state index contributed by atoms with van der Waals surface area (Å²) >= 11 is 0. The molecule has 1 aromatic heterocycles. The zero-order valence-electron chi connectivity index (χ0n) is 11.9. The molecule has 1 unspecified atom stereocenters. The Balaban J connectivity index is 2.34. The number of para-hydroxylation sites is 2. The Labute approximate surface area is 113 Å². The number of hydrogen-bond acceptors (Lipinski definition) is 3. The summed E-state index contributed by atoms with van der Waals surface area (Å²) in [7, 11) is 3.42. The van der Waals surface area contributed by atoms with Gasteiger partial charge in [-0.1, -0.05) is 26.0 Å². The maximum Gasteiger partial charge on any atom is 0.309 e. The standard InChI is InChI=1S/C15H20N2O2/c1-10(2)11(15(18)19-4)9-14-16-12-7-5-6-8-13(12)17(14)3/h5-8,10-11H,9H2,1-4H3. The summed E-state index contributed by atoms with van der Waals surface area (Å²) in [5, 5.41) is 0. The Morgan fingerprint density at radius 2 is 2.05 bits per heavy atom. The van der Waals surface area contributed by atoms with E-state index < -0.39 is 0 Å². The highest BCUT2D eigenvalue weighted by molar-refractivity contribution is 5.76. The van der Waals surface area contributed by atoms with E-state index in [9.17, 15) is 4.79 Å². The number of methoxy groups -OCH3 is 1. The average Bonchev–Trinajstić information content (AvgIpc) is 2.72. The van der Waals surface area contributed by atoms with Crippen LogP contribution < -0.4 is 0 Å². The number of nitrogens with zero attached hydrogens (tertiary/aromatic N) is 2. The fraction of sp³-hybridized carbons (Fsp3) is 0.467. The van der Waals surface area contributed by atoms with Gasteiger partial charge in [0.25, 0.3) is 0 Å². The molecule has 1 atom stereocenters. The molecule has 0 aliphatic heterocycles. The van der Waals surface area contributed by atoms with Gasteiger partial charge in [0, 0.05) is 13.5 Å². The number of benzene rings is 1. The van der Waals surface area contributed by atoms with E-state index in [1.807, 2.05) is 49.7 Å². The lowest BCUT2D eigenvalue weighted by Crippen LogP contribution is -2.25. The largest absolute Gasteiger partial charge is 0.469 e. The van der Waals surface area contributed by atoms with E-state index in [-0.39, 0.29) is 17.8 Å². The molecule has 0 aliphatic rings. The Hall–Kier alpha value is -1.84. The minimum atomic E-state index is -0.165. The van der Waals surface area contributed by atoms with Crippen molar-refractivity contribution in [2.45, 2.75) is 20.3 Å². The molecule has 0 amide bonds. The molecule has 102 valence electrons. The van der Waals surface area contributed by atoms with Gasteiger partial charge in [-0.2, -0.15) is 0 Å². The highest BCUT2D eigenvalue weighted by atomic mass is 16.5. The van der Waals surface area contributed by atoms with Gasteiger partial charge in [-0.25, -0.2) is 4.98 Å². The first kappa shape index (κ1) is 13.6. The van der Waals surface area contributed by atoms with Crippen LogP contribution in [0.1, 0.15) is 19.7 Å². The van der Waals surface area contributed by atoms with Crippen LogP contribution in [0.2, 0.25) is 0 Å². The lowest BCUT2D eigenvalue weighted by molar-refractivity contribution is -0.147. The van der Waals surface area contributed by atoms with Crippen LogP contribution in [-0.4, -0.2) is 22.6 Å². The minimum absolute atomic E-state index is 0.152. The van der Waals surface area contributed by atoms with Crippen LogP contribution in [0.15, 0.2) is 24.3 Å². The summed E-state index contributed by atoms with van der Waals surface area (Å²) in [5.41, 5.74) is 2.05. The highest BCUT2D eigenvalue weighted by Crippen LogP contribution is 2.21. The summed E-state index contributed by atoms with van der Waals surface area (Å²) in [6, 6.07) is 7.99. The molecule has 0 radical (unpaired) electrons. The topological polar surface area (TPSA) is 44.1 Å². The molecule has 0 spiro atoms. The van der Waals surface area contributed by atoms with Gasteiger partial charge in [0.1, 0.15) is 5.82 Å². The Morgan fingerprint density at radius 1 is 1.37 bits per heavy atom. The first-order valence-electron chi connectivity index (χ1n) is 6.52. The predicted octanol–water partition coefficient (Wildman–Crippen LogP) is 2.56. The van der Waals surface area contributed by atoms with Gasteiger partial charge < -0.3 is 9.30 Å². The number of fused-ring (bicyclic) bond motifs is 1. The number of aromatic nitrogens is 2. The van der Waals surface area contributed by atoms with Gasteiger partial charge in [0.05, 0.1) is 24.1 Å². The number of imidazole rings is 1. The molecule has 0 saturated heterocycles.